The standard InChI is InChI=1S/C33H51FN6O4/c34-25-13-23-28-31(29(25)39-9-8-22(35)16-39)44-27-12-21-7-2-1-6-20(21)11-26(27)40(28)17-24(30(23)41)32(42)37-14-18-4-3-5-19(10-18)15-38-33(36)43/h17-23,25-29,31H,1-16,35H2,(H,37,42)(H3,36,38,43). The van der Waals surface area contributed by atoms with Gasteiger partial charge < -0.3 is 31.7 Å². The number of nitrogens with zero attached hydrogens (tertiary/aromatic N) is 2. The molecule has 7 rings (SSSR count). The fourth-order valence-corrected chi connectivity index (χ4v) is 10.3. The van der Waals surface area contributed by atoms with Gasteiger partial charge in [0.1, 0.15) is 6.17 Å². The minimum Gasteiger partial charge on any atom is -0.369 e. The van der Waals surface area contributed by atoms with Gasteiger partial charge >= 0.3 is 6.03 Å². The van der Waals surface area contributed by atoms with Crippen LogP contribution in [-0.2, 0) is 14.3 Å². The lowest BCUT2D eigenvalue weighted by Gasteiger charge is -2.61. The number of hydrogen-bond donors (Lipinski definition) is 4. The van der Waals surface area contributed by atoms with E-state index < -0.39 is 30.3 Å². The lowest BCUT2D eigenvalue weighted by molar-refractivity contribution is -0.219. The van der Waals surface area contributed by atoms with Gasteiger partial charge in [-0.15, -0.1) is 0 Å². The third-order valence-corrected chi connectivity index (χ3v) is 12.4. The maximum atomic E-state index is 16.2. The molecule has 2 saturated heterocycles. The summed E-state index contributed by atoms with van der Waals surface area (Å²) in [5, 5.41) is 5.79. The number of amides is 3. The molecule has 10 nitrogen and oxygen atoms in total. The van der Waals surface area contributed by atoms with Crippen molar-refractivity contribution in [1.29, 1.82) is 0 Å². The van der Waals surface area contributed by atoms with Crippen molar-refractivity contribution >= 4 is 17.7 Å². The number of Topliss-reactive ketones (excluding diaryl/α,β-unsaturated/α-hetero) is 1. The van der Waals surface area contributed by atoms with Crippen LogP contribution in [0.15, 0.2) is 11.8 Å². The summed E-state index contributed by atoms with van der Waals surface area (Å²) in [5.41, 5.74) is 11.7. The van der Waals surface area contributed by atoms with E-state index in [2.05, 4.69) is 20.4 Å². The SMILES string of the molecule is NC(=O)NCC1CCCC(CNC(=O)C2=CN3C4CC5CCCCC5CC4OC4C(N5CCC(N)C5)C(F)CC(C2=O)C43)C1. The van der Waals surface area contributed by atoms with Crippen molar-refractivity contribution < 1.29 is 23.5 Å². The normalized spacial score (nSPS) is 43.7. The number of carbonyl (C=O) groups excluding carboxylic acids is 3. The number of morpholine rings is 1. The van der Waals surface area contributed by atoms with E-state index in [-0.39, 0.29) is 53.8 Å². The fourth-order valence-electron chi connectivity index (χ4n) is 10.3. The van der Waals surface area contributed by atoms with Gasteiger partial charge in [-0.05, 0) is 68.6 Å². The number of fused-ring (bicyclic) bond motifs is 3. The number of rotatable bonds is 6. The molecule has 6 N–H and O–H groups in total. The van der Waals surface area contributed by atoms with Crippen molar-refractivity contribution in [2.75, 3.05) is 26.2 Å². The largest absolute Gasteiger partial charge is 0.369 e. The summed E-state index contributed by atoms with van der Waals surface area (Å²) in [4.78, 5) is 43.4. The number of alkyl halides is 1. The number of nitrogens with one attached hydrogen (secondary N) is 2. The van der Waals surface area contributed by atoms with Crippen LogP contribution in [0.3, 0.4) is 0 Å². The van der Waals surface area contributed by atoms with Gasteiger partial charge in [-0.1, -0.05) is 32.1 Å². The molecule has 7 aliphatic rings. The van der Waals surface area contributed by atoms with E-state index in [9.17, 15) is 14.4 Å². The van der Waals surface area contributed by atoms with Crippen LogP contribution < -0.4 is 22.1 Å². The molecule has 6 fully saturated rings. The summed E-state index contributed by atoms with van der Waals surface area (Å²) < 4.78 is 23.2. The summed E-state index contributed by atoms with van der Waals surface area (Å²) in [6, 6.07) is -1.06. The summed E-state index contributed by atoms with van der Waals surface area (Å²) in [6.45, 7) is 2.43. The molecule has 11 heteroatoms. The molecule has 0 aromatic rings. The molecule has 3 aliphatic heterocycles. The van der Waals surface area contributed by atoms with Crippen molar-refractivity contribution in [3.8, 4) is 0 Å². The van der Waals surface area contributed by atoms with Crippen LogP contribution in [0, 0.1) is 29.6 Å². The Balaban J connectivity index is 1.12. The first kappa shape index (κ1) is 30.4. The second-order valence-corrected chi connectivity index (χ2v) is 15.1. The van der Waals surface area contributed by atoms with Crippen molar-refractivity contribution in [1.82, 2.24) is 20.4 Å². The molecule has 4 aliphatic carbocycles. The first-order valence-electron chi connectivity index (χ1n) is 17.4. The second-order valence-electron chi connectivity index (χ2n) is 15.1. The molecule has 0 spiro atoms. The number of urea groups is 1. The van der Waals surface area contributed by atoms with Gasteiger partial charge in [-0.25, -0.2) is 9.18 Å². The Hall–Kier alpha value is -2.24. The van der Waals surface area contributed by atoms with Crippen LogP contribution in [0.2, 0.25) is 0 Å². The molecule has 4 saturated carbocycles. The Morgan fingerprint density at radius 1 is 0.932 bits per heavy atom. The highest BCUT2D eigenvalue weighted by atomic mass is 19.1. The predicted octanol–water partition coefficient (Wildman–Crippen LogP) is 2.21. The van der Waals surface area contributed by atoms with Crippen LogP contribution >= 0.6 is 0 Å². The Morgan fingerprint density at radius 3 is 2.36 bits per heavy atom. The number of primary amides is 1. The van der Waals surface area contributed by atoms with E-state index in [4.69, 9.17) is 16.2 Å². The summed E-state index contributed by atoms with van der Waals surface area (Å²) in [7, 11) is 0. The Bertz CT molecular complexity index is 1150. The smallest absolute Gasteiger partial charge is 0.312 e. The molecule has 0 radical (unpaired) electrons. The molecule has 0 aromatic heterocycles. The molecular formula is C33H51FN6O4. The molecule has 244 valence electrons. The van der Waals surface area contributed by atoms with Gasteiger partial charge in [0.2, 0.25) is 0 Å². The zero-order valence-electron chi connectivity index (χ0n) is 25.9. The maximum absolute atomic E-state index is 16.2. The van der Waals surface area contributed by atoms with Crippen LogP contribution in [-0.4, -0.2) is 96.2 Å². The van der Waals surface area contributed by atoms with E-state index in [1.807, 2.05) is 6.20 Å². The topological polar surface area (TPSA) is 143 Å². The number of ether oxygens (including phenoxy) is 1. The van der Waals surface area contributed by atoms with Crippen molar-refractivity contribution in [3.63, 3.8) is 0 Å². The van der Waals surface area contributed by atoms with Crippen LogP contribution in [0.25, 0.3) is 0 Å². The quantitative estimate of drug-likeness (QED) is 0.336. The molecule has 44 heavy (non-hydrogen) atoms. The van der Waals surface area contributed by atoms with Gasteiger partial charge in [0.05, 0.1) is 35.9 Å². The maximum Gasteiger partial charge on any atom is 0.312 e. The lowest BCUT2D eigenvalue weighted by atomic mass is 9.64. The molecule has 3 heterocycles. The van der Waals surface area contributed by atoms with Crippen molar-refractivity contribution in [2.24, 2.45) is 41.1 Å². The van der Waals surface area contributed by atoms with E-state index in [1.165, 1.54) is 25.7 Å². The van der Waals surface area contributed by atoms with E-state index in [1.54, 1.807) is 0 Å². The molecule has 0 aromatic carbocycles. The second kappa shape index (κ2) is 12.5. The number of ketones is 1. The lowest BCUT2D eigenvalue weighted by Crippen LogP contribution is -2.73. The zero-order valence-corrected chi connectivity index (χ0v) is 25.9. The molecule has 12 unspecified atom stereocenters. The number of likely N-dealkylation sites (tertiary alicyclic amines) is 1. The minimum atomic E-state index is -1.21. The number of nitrogens with two attached hydrogens (primary N) is 2. The molecule has 12 atom stereocenters. The van der Waals surface area contributed by atoms with Gasteiger partial charge in [0.15, 0.2) is 5.78 Å². The van der Waals surface area contributed by atoms with Crippen molar-refractivity contribution in [3.05, 3.63) is 11.8 Å². The van der Waals surface area contributed by atoms with E-state index in [0.29, 0.717) is 37.4 Å². The summed E-state index contributed by atoms with van der Waals surface area (Å²) in [6.07, 6.45) is 12.0. The highest BCUT2D eigenvalue weighted by Crippen LogP contribution is 2.51. The zero-order chi connectivity index (χ0) is 30.5. The monoisotopic (exact) mass is 614 g/mol. The van der Waals surface area contributed by atoms with Crippen LogP contribution in [0.1, 0.15) is 77.0 Å². The average Bonchev–Trinajstić information content (AvgIpc) is 3.44. The van der Waals surface area contributed by atoms with Gasteiger partial charge in [-0.3, -0.25) is 14.5 Å². The van der Waals surface area contributed by atoms with Gasteiger partial charge in [-0.2, -0.15) is 0 Å². The average molecular weight is 615 g/mol. The highest BCUT2D eigenvalue weighted by Gasteiger charge is 2.61. The Labute approximate surface area is 260 Å². The number of halogens is 1. The first-order chi connectivity index (χ1) is 21.3. The minimum absolute atomic E-state index is 0.0257. The number of carbonyl (C=O) groups is 3. The highest BCUT2D eigenvalue weighted by molar-refractivity contribution is 6.20. The van der Waals surface area contributed by atoms with Gasteiger partial charge in [0, 0.05) is 44.3 Å². The fraction of sp³-hybridized carbons (Fsp3) is 0.848. The first-order valence-corrected chi connectivity index (χ1v) is 17.4. The van der Waals surface area contributed by atoms with Crippen molar-refractivity contribution in [2.45, 2.75) is 120 Å². The van der Waals surface area contributed by atoms with Gasteiger partial charge in [0.25, 0.3) is 5.91 Å². The third-order valence-electron chi connectivity index (χ3n) is 12.4. The van der Waals surface area contributed by atoms with Crippen LogP contribution in [0.5, 0.6) is 0 Å². The predicted molar refractivity (Wildman–Crippen MR) is 163 cm³/mol. The summed E-state index contributed by atoms with van der Waals surface area (Å²) >= 11 is 0. The summed E-state index contributed by atoms with van der Waals surface area (Å²) in [5.74, 6) is 0.686. The Morgan fingerprint density at radius 2 is 1.66 bits per heavy atom. The molecule has 3 amide bonds. The Kier molecular flexibility index (Phi) is 8.65. The molecular weight excluding hydrogens is 563 g/mol. The third kappa shape index (κ3) is 5.77. The molecule has 0 bridgehead atoms. The van der Waals surface area contributed by atoms with E-state index >= 15 is 4.39 Å². The number of hydrogen-bond acceptors (Lipinski definition) is 7. The van der Waals surface area contributed by atoms with E-state index in [0.717, 1.165) is 51.5 Å². The van der Waals surface area contributed by atoms with Crippen LogP contribution in [0.4, 0.5) is 9.18 Å².